The lowest BCUT2D eigenvalue weighted by atomic mass is 10.1. The summed E-state index contributed by atoms with van der Waals surface area (Å²) in [7, 11) is 0. The summed E-state index contributed by atoms with van der Waals surface area (Å²) in [6, 6.07) is 14.6. The van der Waals surface area contributed by atoms with Crippen LogP contribution < -0.4 is 0 Å². The van der Waals surface area contributed by atoms with E-state index in [1.165, 1.54) is 22.9 Å². The third-order valence-corrected chi connectivity index (χ3v) is 3.18. The van der Waals surface area contributed by atoms with Crippen LogP contribution in [-0.4, -0.2) is 20.2 Å². The molecule has 7 heteroatoms. The highest BCUT2D eigenvalue weighted by molar-refractivity contribution is 5.61. The molecule has 3 aromatic rings. The molecule has 0 aliphatic carbocycles. The zero-order valence-electron chi connectivity index (χ0n) is 11.3. The third-order valence-electron chi connectivity index (χ3n) is 3.18. The van der Waals surface area contributed by atoms with E-state index >= 15 is 0 Å². The van der Waals surface area contributed by atoms with Gasteiger partial charge in [0, 0.05) is 5.56 Å². The molecule has 0 atom stereocenters. The fourth-order valence-corrected chi connectivity index (χ4v) is 2.19. The van der Waals surface area contributed by atoms with Crippen molar-refractivity contribution < 1.29 is 13.2 Å². The number of hydrogen-bond donors (Lipinski definition) is 0. The maximum Gasteiger partial charge on any atom is 0.417 e. The van der Waals surface area contributed by atoms with Gasteiger partial charge in [-0.2, -0.15) is 13.2 Å². The van der Waals surface area contributed by atoms with Crippen molar-refractivity contribution in [1.29, 1.82) is 0 Å². The average Bonchev–Trinajstić information content (AvgIpc) is 2.95. The summed E-state index contributed by atoms with van der Waals surface area (Å²) in [4.78, 5) is 0. The molecule has 0 bridgehead atoms. The van der Waals surface area contributed by atoms with Crippen LogP contribution in [0.2, 0.25) is 0 Å². The van der Waals surface area contributed by atoms with Gasteiger partial charge in [-0.25, -0.2) is 4.68 Å². The summed E-state index contributed by atoms with van der Waals surface area (Å²) in [5.74, 6) is 0.0942. The first-order valence-corrected chi connectivity index (χ1v) is 6.52. The summed E-state index contributed by atoms with van der Waals surface area (Å²) in [5.41, 5.74) is 0.121. The number of nitrogens with zero attached hydrogens (tertiary/aromatic N) is 4. The van der Waals surface area contributed by atoms with Crippen molar-refractivity contribution in [1.82, 2.24) is 20.2 Å². The van der Waals surface area contributed by atoms with Crippen LogP contribution in [0.25, 0.3) is 11.4 Å². The molecule has 0 radical (unpaired) electrons. The smallest absolute Gasteiger partial charge is 0.221 e. The molecular weight excluding hydrogens is 293 g/mol. The maximum absolute atomic E-state index is 13.1. The number of benzene rings is 2. The van der Waals surface area contributed by atoms with Gasteiger partial charge in [0.2, 0.25) is 0 Å². The third kappa shape index (κ3) is 2.83. The van der Waals surface area contributed by atoms with Crippen molar-refractivity contribution in [3.8, 4) is 11.4 Å². The second kappa shape index (κ2) is 5.59. The van der Waals surface area contributed by atoms with Crippen LogP contribution in [0.5, 0.6) is 0 Å². The van der Waals surface area contributed by atoms with Gasteiger partial charge in [-0.3, -0.25) is 0 Å². The van der Waals surface area contributed by atoms with E-state index in [4.69, 9.17) is 0 Å². The zero-order chi connectivity index (χ0) is 15.6. The number of rotatable bonds is 3. The van der Waals surface area contributed by atoms with E-state index in [-0.39, 0.29) is 11.4 Å². The van der Waals surface area contributed by atoms with Gasteiger partial charge in [-0.1, -0.05) is 48.5 Å². The maximum atomic E-state index is 13.1. The highest BCUT2D eigenvalue weighted by atomic mass is 19.4. The Kier molecular flexibility index (Phi) is 3.62. The van der Waals surface area contributed by atoms with Crippen molar-refractivity contribution >= 4 is 0 Å². The Morgan fingerprint density at radius 1 is 0.909 bits per heavy atom. The van der Waals surface area contributed by atoms with Gasteiger partial charge in [-0.05, 0) is 22.1 Å². The molecule has 112 valence electrons. The summed E-state index contributed by atoms with van der Waals surface area (Å²) < 4.78 is 40.7. The first-order chi connectivity index (χ1) is 10.6. The Bertz CT molecular complexity index is 766. The van der Waals surface area contributed by atoms with E-state index in [0.29, 0.717) is 6.54 Å². The molecule has 4 nitrogen and oxygen atoms in total. The topological polar surface area (TPSA) is 43.6 Å². The van der Waals surface area contributed by atoms with Crippen LogP contribution in [0.3, 0.4) is 0 Å². The minimum Gasteiger partial charge on any atom is -0.221 e. The predicted molar refractivity (Wildman–Crippen MR) is 73.8 cm³/mol. The monoisotopic (exact) mass is 304 g/mol. The van der Waals surface area contributed by atoms with Crippen LogP contribution in [0, 0.1) is 0 Å². The van der Waals surface area contributed by atoms with Gasteiger partial charge in [0.05, 0.1) is 12.1 Å². The van der Waals surface area contributed by atoms with Crippen LogP contribution >= 0.6 is 0 Å². The van der Waals surface area contributed by atoms with Crippen molar-refractivity contribution in [3.63, 3.8) is 0 Å². The molecule has 0 aliphatic heterocycles. The van der Waals surface area contributed by atoms with E-state index in [1.54, 1.807) is 0 Å². The highest BCUT2D eigenvalue weighted by Crippen LogP contribution is 2.35. The van der Waals surface area contributed by atoms with Crippen LogP contribution in [-0.2, 0) is 12.7 Å². The lowest BCUT2D eigenvalue weighted by Gasteiger charge is -2.12. The number of tetrazole rings is 1. The normalized spacial score (nSPS) is 11.6. The Morgan fingerprint density at radius 3 is 2.32 bits per heavy atom. The largest absolute Gasteiger partial charge is 0.417 e. The minimum absolute atomic E-state index is 0.0315. The molecule has 0 saturated heterocycles. The SMILES string of the molecule is FC(F)(F)c1ccccc1-c1nnnn1Cc1ccccc1. The summed E-state index contributed by atoms with van der Waals surface area (Å²) in [6.45, 7) is 0.301. The summed E-state index contributed by atoms with van der Waals surface area (Å²) in [6.07, 6.45) is -4.46. The van der Waals surface area contributed by atoms with Crippen LogP contribution in [0.4, 0.5) is 13.2 Å². The van der Waals surface area contributed by atoms with Gasteiger partial charge in [0.15, 0.2) is 5.82 Å². The quantitative estimate of drug-likeness (QED) is 0.745. The fourth-order valence-electron chi connectivity index (χ4n) is 2.19. The van der Waals surface area contributed by atoms with Gasteiger partial charge in [0.25, 0.3) is 0 Å². The van der Waals surface area contributed by atoms with Crippen molar-refractivity contribution in [2.24, 2.45) is 0 Å². The van der Waals surface area contributed by atoms with Gasteiger partial charge in [-0.15, -0.1) is 5.10 Å². The first kappa shape index (κ1) is 14.2. The predicted octanol–water partition coefficient (Wildman–Crippen LogP) is 3.41. The second-order valence-corrected chi connectivity index (χ2v) is 4.69. The zero-order valence-corrected chi connectivity index (χ0v) is 11.3. The minimum atomic E-state index is -4.46. The number of hydrogen-bond acceptors (Lipinski definition) is 3. The van der Waals surface area contributed by atoms with E-state index in [1.807, 2.05) is 30.3 Å². The lowest BCUT2D eigenvalue weighted by Crippen LogP contribution is -2.10. The molecule has 2 aromatic carbocycles. The molecule has 1 aromatic heterocycles. The van der Waals surface area contributed by atoms with Crippen molar-refractivity contribution in [2.75, 3.05) is 0 Å². The molecular formula is C15H11F3N4. The number of alkyl halides is 3. The van der Waals surface area contributed by atoms with Crippen molar-refractivity contribution in [2.45, 2.75) is 12.7 Å². The summed E-state index contributed by atoms with van der Waals surface area (Å²) >= 11 is 0. The van der Waals surface area contributed by atoms with E-state index in [2.05, 4.69) is 15.5 Å². The Morgan fingerprint density at radius 2 is 1.59 bits per heavy atom. The van der Waals surface area contributed by atoms with Gasteiger partial charge in [0.1, 0.15) is 0 Å². The molecule has 1 heterocycles. The molecule has 0 saturated carbocycles. The second-order valence-electron chi connectivity index (χ2n) is 4.69. The summed E-state index contributed by atoms with van der Waals surface area (Å²) in [5, 5.41) is 11.1. The number of aromatic nitrogens is 4. The molecule has 3 rings (SSSR count). The number of halogens is 3. The lowest BCUT2D eigenvalue weighted by molar-refractivity contribution is -0.137. The van der Waals surface area contributed by atoms with Crippen LogP contribution in [0.1, 0.15) is 11.1 Å². The van der Waals surface area contributed by atoms with Gasteiger partial charge >= 0.3 is 6.18 Å². The molecule has 22 heavy (non-hydrogen) atoms. The highest BCUT2D eigenvalue weighted by Gasteiger charge is 2.34. The standard InChI is InChI=1S/C15H11F3N4/c16-15(17,18)13-9-5-4-8-12(13)14-19-20-21-22(14)10-11-6-2-1-3-7-11/h1-9H,10H2. The average molecular weight is 304 g/mol. The molecule has 0 amide bonds. The van der Waals surface area contributed by atoms with Crippen molar-refractivity contribution in [3.05, 3.63) is 65.7 Å². The fraction of sp³-hybridized carbons (Fsp3) is 0.133. The molecule has 0 spiro atoms. The molecule has 0 N–H and O–H groups in total. The molecule has 0 aliphatic rings. The van der Waals surface area contributed by atoms with Gasteiger partial charge < -0.3 is 0 Å². The molecule has 0 unspecified atom stereocenters. The Hall–Kier alpha value is -2.70. The first-order valence-electron chi connectivity index (χ1n) is 6.52. The van der Waals surface area contributed by atoms with E-state index in [0.717, 1.165) is 11.6 Å². The Labute approximate surface area is 124 Å². The molecule has 0 fully saturated rings. The van der Waals surface area contributed by atoms with E-state index in [9.17, 15) is 13.2 Å². The van der Waals surface area contributed by atoms with Crippen LogP contribution in [0.15, 0.2) is 54.6 Å². The Balaban J connectivity index is 2.03. The van der Waals surface area contributed by atoms with E-state index < -0.39 is 11.7 Å².